The van der Waals surface area contributed by atoms with Crippen molar-refractivity contribution >= 4 is 32.1 Å². The Bertz CT molecular complexity index is 859. The lowest BCUT2D eigenvalue weighted by atomic mass is 9.78. The maximum Gasteiger partial charge on any atom is 0.0460 e. The molecule has 0 nitrogen and oxygen atoms in total. The summed E-state index contributed by atoms with van der Waals surface area (Å²) in [4.78, 5) is 3.03. The zero-order valence-electron chi connectivity index (χ0n) is 18.9. The van der Waals surface area contributed by atoms with Crippen LogP contribution in [0.3, 0.4) is 0 Å². The van der Waals surface area contributed by atoms with Crippen molar-refractivity contribution in [3.05, 3.63) is 46.8 Å². The van der Waals surface area contributed by atoms with Crippen LogP contribution in [-0.2, 0) is 12.8 Å². The first-order valence-electron chi connectivity index (χ1n) is 12.4. The second-order valence-electron chi connectivity index (χ2n) is 9.42. The summed E-state index contributed by atoms with van der Waals surface area (Å²) < 4.78 is 2.98. The second-order valence-corrected chi connectivity index (χ2v) is 11.7. The van der Waals surface area contributed by atoms with Crippen LogP contribution in [0.15, 0.2) is 36.4 Å². The van der Waals surface area contributed by atoms with Gasteiger partial charge in [-0.3, -0.25) is 0 Å². The monoisotopic (exact) mass is 438 g/mol. The fourth-order valence-corrected chi connectivity index (χ4v) is 7.56. The van der Waals surface area contributed by atoms with Crippen LogP contribution in [0.5, 0.6) is 0 Å². The standard InChI is InChI=1S/C28H38S2/c1-3-5-6-8-22-9-11-23(12-10-22)15-18-25-19-27-28(29-25)20-26(30-27)24-16-13-21(7-4-2)14-17-24/h13-14,16-17,19-20,22-23H,3-12,15,18H2,1-2H3/t22-,23-. The molecule has 2 heteroatoms. The molecule has 4 rings (SSSR count). The Morgan fingerprint density at radius 3 is 2.10 bits per heavy atom. The summed E-state index contributed by atoms with van der Waals surface area (Å²) in [6.07, 6.45) is 16.8. The molecule has 0 aliphatic heterocycles. The Kier molecular flexibility index (Phi) is 8.07. The number of benzene rings is 1. The molecule has 0 bridgehead atoms. The third-order valence-corrected chi connectivity index (χ3v) is 9.42. The number of unbranched alkanes of at least 4 members (excludes halogenated alkanes) is 2. The van der Waals surface area contributed by atoms with Crippen molar-refractivity contribution in [1.82, 2.24) is 0 Å². The van der Waals surface area contributed by atoms with Crippen molar-refractivity contribution in [1.29, 1.82) is 0 Å². The number of hydrogen-bond acceptors (Lipinski definition) is 2. The average molecular weight is 439 g/mol. The van der Waals surface area contributed by atoms with E-state index in [1.54, 1.807) is 4.88 Å². The SMILES string of the molecule is CCCCC[C@H]1CC[C@H](CCc2cc3sc(-c4ccc(CCC)cc4)cc3s2)CC1. The van der Waals surface area contributed by atoms with E-state index in [1.165, 1.54) is 102 Å². The first-order valence-corrected chi connectivity index (χ1v) is 14.0. The van der Waals surface area contributed by atoms with Gasteiger partial charge in [0, 0.05) is 19.2 Å². The molecule has 0 N–H and O–H groups in total. The van der Waals surface area contributed by atoms with E-state index >= 15 is 0 Å². The number of hydrogen-bond donors (Lipinski definition) is 0. The molecule has 162 valence electrons. The van der Waals surface area contributed by atoms with Gasteiger partial charge in [-0.1, -0.05) is 95.9 Å². The van der Waals surface area contributed by atoms with E-state index in [1.807, 2.05) is 22.7 Å². The van der Waals surface area contributed by atoms with Crippen molar-refractivity contribution in [3.8, 4) is 10.4 Å². The van der Waals surface area contributed by atoms with E-state index in [4.69, 9.17) is 0 Å². The molecule has 1 aliphatic rings. The van der Waals surface area contributed by atoms with Crippen LogP contribution in [0.25, 0.3) is 19.8 Å². The van der Waals surface area contributed by atoms with Crippen LogP contribution < -0.4 is 0 Å². The third kappa shape index (κ3) is 5.77. The van der Waals surface area contributed by atoms with Gasteiger partial charge in [0.25, 0.3) is 0 Å². The minimum Gasteiger partial charge on any atom is -0.139 e. The molecular formula is C28H38S2. The second kappa shape index (κ2) is 11.0. The van der Waals surface area contributed by atoms with Crippen LogP contribution in [0.4, 0.5) is 0 Å². The summed E-state index contributed by atoms with van der Waals surface area (Å²) in [6.45, 7) is 4.57. The summed E-state index contributed by atoms with van der Waals surface area (Å²) in [6, 6.07) is 14.1. The molecular weight excluding hydrogens is 400 g/mol. The van der Waals surface area contributed by atoms with Gasteiger partial charge in [-0.05, 0) is 54.4 Å². The molecule has 0 unspecified atom stereocenters. The zero-order chi connectivity index (χ0) is 20.8. The predicted molar refractivity (Wildman–Crippen MR) is 137 cm³/mol. The van der Waals surface area contributed by atoms with Gasteiger partial charge in [-0.15, -0.1) is 22.7 Å². The van der Waals surface area contributed by atoms with E-state index in [0.29, 0.717) is 0 Å². The highest BCUT2D eigenvalue weighted by Gasteiger charge is 2.21. The van der Waals surface area contributed by atoms with E-state index < -0.39 is 0 Å². The van der Waals surface area contributed by atoms with Crippen LogP contribution in [0.1, 0.15) is 88.5 Å². The first kappa shape index (κ1) is 22.1. The molecule has 1 aliphatic carbocycles. The molecule has 2 aromatic heterocycles. The largest absolute Gasteiger partial charge is 0.139 e. The van der Waals surface area contributed by atoms with Gasteiger partial charge in [0.1, 0.15) is 0 Å². The molecule has 1 fully saturated rings. The van der Waals surface area contributed by atoms with Crippen molar-refractivity contribution < 1.29 is 0 Å². The molecule has 0 amide bonds. The quantitative estimate of drug-likeness (QED) is 0.276. The molecule has 3 aromatic rings. The highest BCUT2D eigenvalue weighted by atomic mass is 32.1. The van der Waals surface area contributed by atoms with Crippen LogP contribution in [-0.4, -0.2) is 0 Å². The highest BCUT2D eigenvalue weighted by Crippen LogP contribution is 2.40. The van der Waals surface area contributed by atoms with Crippen molar-refractivity contribution in [2.75, 3.05) is 0 Å². The predicted octanol–water partition coefficient (Wildman–Crippen LogP) is 9.90. The minimum absolute atomic E-state index is 0.977. The van der Waals surface area contributed by atoms with Crippen LogP contribution in [0.2, 0.25) is 0 Å². The van der Waals surface area contributed by atoms with Gasteiger partial charge in [-0.25, -0.2) is 0 Å². The molecule has 0 atom stereocenters. The van der Waals surface area contributed by atoms with Crippen LogP contribution in [0, 0.1) is 11.8 Å². The maximum absolute atomic E-state index is 2.48. The van der Waals surface area contributed by atoms with E-state index in [9.17, 15) is 0 Å². The molecule has 1 aromatic carbocycles. The fourth-order valence-electron chi connectivity index (χ4n) is 5.11. The van der Waals surface area contributed by atoms with Gasteiger partial charge in [0.05, 0.1) is 0 Å². The molecule has 0 saturated heterocycles. The Morgan fingerprint density at radius 1 is 0.733 bits per heavy atom. The number of rotatable bonds is 10. The summed E-state index contributed by atoms with van der Waals surface area (Å²) in [7, 11) is 0. The van der Waals surface area contributed by atoms with E-state index in [0.717, 1.165) is 11.8 Å². The summed E-state index contributed by atoms with van der Waals surface area (Å²) in [5, 5.41) is 0. The van der Waals surface area contributed by atoms with Crippen molar-refractivity contribution in [2.24, 2.45) is 11.8 Å². The Balaban J connectivity index is 1.27. The summed E-state index contributed by atoms with van der Waals surface area (Å²) >= 11 is 4.01. The first-order chi connectivity index (χ1) is 14.7. The van der Waals surface area contributed by atoms with Crippen molar-refractivity contribution in [3.63, 3.8) is 0 Å². The molecule has 0 spiro atoms. The van der Waals surface area contributed by atoms with Gasteiger partial charge in [0.15, 0.2) is 0 Å². The van der Waals surface area contributed by atoms with Crippen molar-refractivity contribution in [2.45, 2.75) is 90.9 Å². The lowest BCUT2D eigenvalue weighted by molar-refractivity contribution is 0.249. The highest BCUT2D eigenvalue weighted by molar-refractivity contribution is 7.29. The Labute approximate surface area is 191 Å². The molecule has 2 heterocycles. The lowest BCUT2D eigenvalue weighted by Gasteiger charge is -2.28. The smallest absolute Gasteiger partial charge is 0.0460 e. The summed E-state index contributed by atoms with van der Waals surface area (Å²) in [5.74, 6) is 2.01. The minimum atomic E-state index is 0.977. The topological polar surface area (TPSA) is 0 Å². The average Bonchev–Trinajstić information content (AvgIpc) is 3.33. The van der Waals surface area contributed by atoms with Crippen LogP contribution >= 0.6 is 22.7 Å². The van der Waals surface area contributed by atoms with Gasteiger partial charge >= 0.3 is 0 Å². The van der Waals surface area contributed by atoms with E-state index in [-0.39, 0.29) is 0 Å². The number of thiophene rings is 2. The zero-order valence-corrected chi connectivity index (χ0v) is 20.6. The van der Waals surface area contributed by atoms with E-state index in [2.05, 4.69) is 50.2 Å². The van der Waals surface area contributed by atoms with Gasteiger partial charge in [-0.2, -0.15) is 0 Å². The normalized spacial score (nSPS) is 19.5. The fraction of sp³-hybridized carbons (Fsp3) is 0.571. The molecule has 0 radical (unpaired) electrons. The third-order valence-electron chi connectivity index (χ3n) is 7.02. The Hall–Kier alpha value is -1.12. The molecule has 1 saturated carbocycles. The Morgan fingerprint density at radius 2 is 1.43 bits per heavy atom. The number of fused-ring (bicyclic) bond motifs is 1. The summed E-state index contributed by atoms with van der Waals surface area (Å²) in [5.41, 5.74) is 2.83. The van der Waals surface area contributed by atoms with Gasteiger partial charge in [0.2, 0.25) is 0 Å². The number of aryl methyl sites for hydroxylation is 2. The molecule has 30 heavy (non-hydrogen) atoms. The van der Waals surface area contributed by atoms with Gasteiger partial charge < -0.3 is 0 Å². The lowest BCUT2D eigenvalue weighted by Crippen LogP contribution is -2.15. The maximum atomic E-state index is 2.48.